The first-order valence-electron chi connectivity index (χ1n) is 10.9. The monoisotopic (exact) mass is 444 g/mol. The zero-order valence-electron chi connectivity index (χ0n) is 18.5. The number of anilines is 2. The SMILES string of the molecule is COc1ccc([C@H]2CC(=O)C3=C(C2)Nc2ccccc2N[C@@H]3c2cccc(F)c2)cc1OC. The van der Waals surface area contributed by atoms with Crippen LogP contribution in [0.5, 0.6) is 11.5 Å². The van der Waals surface area contributed by atoms with Crippen molar-refractivity contribution >= 4 is 17.2 Å². The van der Waals surface area contributed by atoms with Gasteiger partial charge in [-0.1, -0.05) is 30.3 Å². The number of fused-ring (bicyclic) bond motifs is 1. The van der Waals surface area contributed by atoms with E-state index in [1.807, 2.05) is 48.5 Å². The average Bonchev–Trinajstić information content (AvgIpc) is 3.00. The van der Waals surface area contributed by atoms with Gasteiger partial charge in [-0.3, -0.25) is 4.79 Å². The minimum atomic E-state index is -0.439. The van der Waals surface area contributed by atoms with Crippen molar-refractivity contribution in [2.45, 2.75) is 24.8 Å². The van der Waals surface area contributed by atoms with E-state index in [1.165, 1.54) is 12.1 Å². The van der Waals surface area contributed by atoms with E-state index in [-0.39, 0.29) is 17.5 Å². The van der Waals surface area contributed by atoms with Crippen LogP contribution in [0.4, 0.5) is 15.8 Å². The van der Waals surface area contributed by atoms with Gasteiger partial charge in [0.05, 0.1) is 31.6 Å². The van der Waals surface area contributed by atoms with Gasteiger partial charge in [0.15, 0.2) is 17.3 Å². The molecule has 2 atom stereocenters. The maximum absolute atomic E-state index is 14.1. The van der Waals surface area contributed by atoms with Crippen molar-refractivity contribution in [1.29, 1.82) is 0 Å². The summed E-state index contributed by atoms with van der Waals surface area (Å²) in [5.74, 6) is 0.995. The van der Waals surface area contributed by atoms with Gasteiger partial charge < -0.3 is 20.1 Å². The average molecular weight is 445 g/mol. The molecular formula is C27H25FN2O3. The topological polar surface area (TPSA) is 59.6 Å². The predicted molar refractivity (Wildman–Crippen MR) is 126 cm³/mol. The number of benzene rings is 3. The number of ketones is 1. The van der Waals surface area contributed by atoms with E-state index in [0.29, 0.717) is 29.9 Å². The first kappa shape index (κ1) is 21.1. The number of allylic oxidation sites excluding steroid dienone is 1. The van der Waals surface area contributed by atoms with Gasteiger partial charge in [-0.25, -0.2) is 4.39 Å². The molecule has 1 aliphatic heterocycles. The summed E-state index contributed by atoms with van der Waals surface area (Å²) in [6, 6.07) is 19.6. The van der Waals surface area contributed by atoms with Crippen molar-refractivity contribution in [3.8, 4) is 11.5 Å². The normalized spacial score (nSPS) is 19.5. The summed E-state index contributed by atoms with van der Waals surface area (Å²) < 4.78 is 24.9. The fraction of sp³-hybridized carbons (Fsp3) is 0.222. The Labute approximate surface area is 192 Å². The highest BCUT2D eigenvalue weighted by atomic mass is 19.1. The minimum Gasteiger partial charge on any atom is -0.493 e. The van der Waals surface area contributed by atoms with Crippen molar-refractivity contribution < 1.29 is 18.7 Å². The second kappa shape index (κ2) is 8.62. The van der Waals surface area contributed by atoms with Gasteiger partial charge in [-0.15, -0.1) is 0 Å². The lowest BCUT2D eigenvalue weighted by Gasteiger charge is -2.30. The number of carbonyl (C=O) groups excluding carboxylic acids is 1. The van der Waals surface area contributed by atoms with Gasteiger partial charge in [-0.05, 0) is 59.9 Å². The van der Waals surface area contributed by atoms with Gasteiger partial charge >= 0.3 is 0 Å². The van der Waals surface area contributed by atoms with E-state index in [0.717, 1.165) is 28.2 Å². The molecule has 0 saturated carbocycles. The van der Waals surface area contributed by atoms with Crippen LogP contribution in [0, 0.1) is 5.82 Å². The fourth-order valence-corrected chi connectivity index (χ4v) is 4.77. The Hall–Kier alpha value is -3.80. The molecule has 0 radical (unpaired) electrons. The Morgan fingerprint density at radius 2 is 1.64 bits per heavy atom. The number of nitrogens with one attached hydrogen (secondary N) is 2. The lowest BCUT2D eigenvalue weighted by Crippen LogP contribution is -2.27. The van der Waals surface area contributed by atoms with Crippen molar-refractivity contribution in [3.63, 3.8) is 0 Å². The number of Topliss-reactive ketones (excluding diaryl/α,β-unsaturated/α-hetero) is 1. The molecule has 0 amide bonds. The van der Waals surface area contributed by atoms with E-state index in [9.17, 15) is 9.18 Å². The highest BCUT2D eigenvalue weighted by molar-refractivity contribution is 6.01. The Balaban J connectivity index is 1.58. The number of ether oxygens (including phenoxy) is 2. The first-order chi connectivity index (χ1) is 16.1. The fourth-order valence-electron chi connectivity index (χ4n) is 4.77. The van der Waals surface area contributed by atoms with Crippen molar-refractivity contribution in [1.82, 2.24) is 0 Å². The summed E-state index contributed by atoms with van der Waals surface area (Å²) >= 11 is 0. The zero-order valence-corrected chi connectivity index (χ0v) is 18.5. The highest BCUT2D eigenvalue weighted by Crippen LogP contribution is 2.45. The third kappa shape index (κ3) is 3.93. The molecule has 5 nitrogen and oxygen atoms in total. The van der Waals surface area contributed by atoms with Gasteiger partial charge in [0.1, 0.15) is 5.82 Å². The van der Waals surface area contributed by atoms with Gasteiger partial charge in [0.2, 0.25) is 0 Å². The molecule has 1 heterocycles. The maximum Gasteiger partial charge on any atom is 0.163 e. The molecule has 2 N–H and O–H groups in total. The van der Waals surface area contributed by atoms with E-state index in [2.05, 4.69) is 10.6 Å². The van der Waals surface area contributed by atoms with Crippen molar-refractivity contribution in [2.75, 3.05) is 24.9 Å². The Morgan fingerprint density at radius 3 is 2.39 bits per heavy atom. The molecule has 0 saturated heterocycles. The molecule has 0 unspecified atom stereocenters. The van der Waals surface area contributed by atoms with E-state index in [1.54, 1.807) is 20.3 Å². The molecule has 168 valence electrons. The molecule has 5 rings (SSSR count). The van der Waals surface area contributed by atoms with E-state index < -0.39 is 6.04 Å². The van der Waals surface area contributed by atoms with Crippen LogP contribution in [0.1, 0.15) is 35.9 Å². The zero-order chi connectivity index (χ0) is 22.9. The molecule has 6 heteroatoms. The van der Waals surface area contributed by atoms with Crippen molar-refractivity contribution in [3.05, 3.63) is 94.9 Å². The van der Waals surface area contributed by atoms with Crippen LogP contribution in [0.3, 0.4) is 0 Å². The second-order valence-electron chi connectivity index (χ2n) is 8.34. The highest BCUT2D eigenvalue weighted by Gasteiger charge is 2.36. The largest absolute Gasteiger partial charge is 0.493 e. The molecule has 0 bridgehead atoms. The first-order valence-corrected chi connectivity index (χ1v) is 10.9. The summed E-state index contributed by atoms with van der Waals surface area (Å²) in [6.45, 7) is 0. The summed E-state index contributed by atoms with van der Waals surface area (Å²) in [5, 5.41) is 6.98. The predicted octanol–water partition coefficient (Wildman–Crippen LogP) is 5.82. The lowest BCUT2D eigenvalue weighted by atomic mass is 9.78. The standard InChI is InChI=1S/C27H25FN2O3/c1-32-24-11-10-16(15-25(24)33-2)18-13-22-26(23(31)14-18)27(17-6-5-7-19(28)12-17)30-21-9-4-3-8-20(21)29-22/h3-12,15,18,27,29-30H,13-14H2,1-2H3/t18-,27-/m1/s1. The molecule has 0 fully saturated rings. The second-order valence-corrected chi connectivity index (χ2v) is 8.34. The quantitative estimate of drug-likeness (QED) is 0.531. The number of halogens is 1. The summed E-state index contributed by atoms with van der Waals surface area (Å²) in [4.78, 5) is 13.6. The molecule has 2 aliphatic rings. The molecule has 3 aromatic carbocycles. The smallest absolute Gasteiger partial charge is 0.163 e. The van der Waals surface area contributed by atoms with E-state index >= 15 is 0 Å². The van der Waals surface area contributed by atoms with Crippen LogP contribution >= 0.6 is 0 Å². The number of rotatable bonds is 4. The maximum atomic E-state index is 14.1. The van der Waals surface area contributed by atoms with Crippen LogP contribution in [0.2, 0.25) is 0 Å². The third-order valence-corrected chi connectivity index (χ3v) is 6.37. The molecule has 3 aromatic rings. The molecule has 1 aliphatic carbocycles. The van der Waals surface area contributed by atoms with Gasteiger partial charge in [0.25, 0.3) is 0 Å². The number of hydrogen-bond acceptors (Lipinski definition) is 5. The number of para-hydroxylation sites is 2. The van der Waals surface area contributed by atoms with Crippen molar-refractivity contribution in [2.24, 2.45) is 0 Å². The Kier molecular flexibility index (Phi) is 5.50. The van der Waals surface area contributed by atoms with Crippen LogP contribution in [0.25, 0.3) is 0 Å². The minimum absolute atomic E-state index is 0.0121. The Morgan fingerprint density at radius 1 is 0.848 bits per heavy atom. The van der Waals surface area contributed by atoms with Crippen LogP contribution in [-0.2, 0) is 4.79 Å². The Bertz CT molecular complexity index is 1250. The third-order valence-electron chi connectivity index (χ3n) is 6.37. The number of methoxy groups -OCH3 is 2. The van der Waals surface area contributed by atoms with Gasteiger partial charge in [0, 0.05) is 17.7 Å². The summed E-state index contributed by atoms with van der Waals surface area (Å²) in [7, 11) is 3.21. The summed E-state index contributed by atoms with van der Waals surface area (Å²) in [6.07, 6.45) is 1.01. The molecule has 0 spiro atoms. The van der Waals surface area contributed by atoms with Crippen LogP contribution in [-0.4, -0.2) is 20.0 Å². The summed E-state index contributed by atoms with van der Waals surface area (Å²) in [5.41, 5.74) is 5.02. The number of carbonyl (C=O) groups is 1. The molecule has 33 heavy (non-hydrogen) atoms. The van der Waals surface area contributed by atoms with Gasteiger partial charge in [-0.2, -0.15) is 0 Å². The number of hydrogen-bond donors (Lipinski definition) is 2. The van der Waals surface area contributed by atoms with E-state index in [4.69, 9.17) is 9.47 Å². The molecular weight excluding hydrogens is 419 g/mol. The van der Waals surface area contributed by atoms with Crippen LogP contribution in [0.15, 0.2) is 78.0 Å². The van der Waals surface area contributed by atoms with Crippen LogP contribution < -0.4 is 20.1 Å². The molecule has 0 aromatic heterocycles. The lowest BCUT2D eigenvalue weighted by molar-refractivity contribution is -0.116.